The van der Waals surface area contributed by atoms with Crippen molar-refractivity contribution in [3.8, 4) is 0 Å². The Morgan fingerprint density at radius 3 is 0.818 bits per heavy atom. The second kappa shape index (κ2) is 55.2. The summed E-state index contributed by atoms with van der Waals surface area (Å²) >= 11 is 0. The van der Waals surface area contributed by atoms with Gasteiger partial charge in [-0.2, -0.15) is 0 Å². The van der Waals surface area contributed by atoms with Crippen LogP contribution < -0.4 is 0 Å². The van der Waals surface area contributed by atoms with Gasteiger partial charge < -0.3 is 14.2 Å². The number of esters is 3. The smallest absolute Gasteiger partial charge is 0.306 e. The Balaban J connectivity index is 4.23. The number of hydrogen-bond acceptors (Lipinski definition) is 6. The van der Waals surface area contributed by atoms with Gasteiger partial charge in [0.25, 0.3) is 0 Å². The van der Waals surface area contributed by atoms with Crippen LogP contribution in [0, 0.1) is 0 Å². The number of allylic oxidation sites excluding steroid dienone is 6. The Morgan fingerprint density at radius 2 is 0.530 bits per heavy atom. The Kier molecular flexibility index (Phi) is 53.2. The van der Waals surface area contributed by atoms with E-state index in [4.69, 9.17) is 14.2 Å². The predicted octanol–water partition coefficient (Wildman–Crippen LogP) is 19.3. The van der Waals surface area contributed by atoms with Gasteiger partial charge in [0.05, 0.1) is 0 Å². The van der Waals surface area contributed by atoms with E-state index in [1.165, 1.54) is 193 Å². The first-order chi connectivity index (χ1) is 32.5. The number of hydrogen-bond donors (Lipinski definition) is 0. The molecule has 6 heteroatoms. The van der Waals surface area contributed by atoms with Crippen molar-refractivity contribution in [3.05, 3.63) is 36.5 Å². The van der Waals surface area contributed by atoms with E-state index in [1.807, 2.05) is 0 Å². The summed E-state index contributed by atoms with van der Waals surface area (Å²) in [6.07, 6.45) is 65.8. The third kappa shape index (κ3) is 52.6. The third-order valence-electron chi connectivity index (χ3n) is 12.8. The molecule has 0 aliphatic carbocycles. The van der Waals surface area contributed by atoms with Crippen LogP contribution in [-0.2, 0) is 28.6 Å². The van der Waals surface area contributed by atoms with Gasteiger partial charge in [0.2, 0.25) is 0 Å². The van der Waals surface area contributed by atoms with Gasteiger partial charge in [0.15, 0.2) is 6.10 Å². The first-order valence-electron chi connectivity index (χ1n) is 29.0. The van der Waals surface area contributed by atoms with Crippen LogP contribution in [0.2, 0.25) is 0 Å². The third-order valence-corrected chi connectivity index (χ3v) is 12.8. The fraction of sp³-hybridized carbons (Fsp3) is 0.850. The van der Waals surface area contributed by atoms with Crippen molar-refractivity contribution in [1.82, 2.24) is 0 Å². The summed E-state index contributed by atoms with van der Waals surface area (Å²) in [7, 11) is 0. The van der Waals surface area contributed by atoms with Gasteiger partial charge in [-0.15, -0.1) is 0 Å². The van der Waals surface area contributed by atoms with Gasteiger partial charge in [0.1, 0.15) is 13.2 Å². The highest BCUT2D eigenvalue weighted by Gasteiger charge is 2.19. The largest absolute Gasteiger partial charge is 0.462 e. The molecule has 0 aromatic rings. The highest BCUT2D eigenvalue weighted by atomic mass is 16.6. The van der Waals surface area contributed by atoms with Crippen LogP contribution in [0.25, 0.3) is 0 Å². The van der Waals surface area contributed by atoms with Crippen LogP contribution in [0.15, 0.2) is 36.5 Å². The lowest BCUT2D eigenvalue weighted by molar-refractivity contribution is -0.167. The van der Waals surface area contributed by atoms with Crippen LogP contribution in [0.4, 0.5) is 0 Å². The fourth-order valence-corrected chi connectivity index (χ4v) is 8.44. The summed E-state index contributed by atoms with van der Waals surface area (Å²) < 4.78 is 16.8. The average Bonchev–Trinajstić information content (AvgIpc) is 3.31. The van der Waals surface area contributed by atoms with E-state index in [9.17, 15) is 14.4 Å². The predicted molar refractivity (Wildman–Crippen MR) is 284 cm³/mol. The molecule has 0 radical (unpaired) electrons. The van der Waals surface area contributed by atoms with Gasteiger partial charge in [-0.25, -0.2) is 0 Å². The zero-order valence-corrected chi connectivity index (χ0v) is 44.2. The minimum absolute atomic E-state index is 0.0764. The van der Waals surface area contributed by atoms with Gasteiger partial charge in [-0.1, -0.05) is 237 Å². The topological polar surface area (TPSA) is 78.9 Å². The molecule has 0 aliphatic rings. The van der Waals surface area contributed by atoms with Crippen molar-refractivity contribution < 1.29 is 28.6 Å². The lowest BCUT2D eigenvalue weighted by Crippen LogP contribution is -2.30. The molecule has 0 aromatic heterocycles. The van der Waals surface area contributed by atoms with Crippen LogP contribution in [0.3, 0.4) is 0 Å². The number of unbranched alkanes of at least 4 members (excludes halogenated alkanes) is 36. The monoisotopic (exact) mass is 927 g/mol. The molecule has 0 aromatic carbocycles. The minimum atomic E-state index is -0.777. The summed E-state index contributed by atoms with van der Waals surface area (Å²) in [6, 6.07) is 0. The first-order valence-corrected chi connectivity index (χ1v) is 29.0. The highest BCUT2D eigenvalue weighted by molar-refractivity contribution is 5.71. The molecule has 0 aliphatic heterocycles. The molecule has 0 saturated heterocycles. The summed E-state index contributed by atoms with van der Waals surface area (Å²) in [6.45, 7) is 6.59. The maximum Gasteiger partial charge on any atom is 0.306 e. The van der Waals surface area contributed by atoms with Crippen LogP contribution >= 0.6 is 0 Å². The van der Waals surface area contributed by atoms with Gasteiger partial charge in [-0.3, -0.25) is 14.4 Å². The molecule has 0 rings (SSSR count). The molecule has 386 valence electrons. The summed E-state index contributed by atoms with van der Waals surface area (Å²) in [4.78, 5) is 38.0. The van der Waals surface area contributed by atoms with E-state index >= 15 is 0 Å². The SMILES string of the molecule is CCC/C=C\CCCCCCCC(=O)OCC(COC(=O)CCCCCCCCCCCCC/C=C\CCCCCCCCCC)OC(=O)CCCCCCC/C=C\CCCCCCCC. The van der Waals surface area contributed by atoms with E-state index in [1.54, 1.807) is 0 Å². The molecule has 0 saturated carbocycles. The van der Waals surface area contributed by atoms with E-state index in [-0.39, 0.29) is 31.1 Å². The Hall–Kier alpha value is -2.37. The fourth-order valence-electron chi connectivity index (χ4n) is 8.44. The van der Waals surface area contributed by atoms with Crippen LogP contribution in [0.1, 0.15) is 310 Å². The molecule has 0 bridgehead atoms. The van der Waals surface area contributed by atoms with E-state index < -0.39 is 6.10 Å². The maximum absolute atomic E-state index is 12.8. The zero-order valence-electron chi connectivity index (χ0n) is 44.2. The van der Waals surface area contributed by atoms with Gasteiger partial charge in [0, 0.05) is 19.3 Å². The molecule has 1 unspecified atom stereocenters. The molecule has 0 fully saturated rings. The Bertz CT molecular complexity index is 1110. The van der Waals surface area contributed by atoms with Gasteiger partial charge in [-0.05, 0) is 89.9 Å². The van der Waals surface area contributed by atoms with Crippen molar-refractivity contribution in [2.24, 2.45) is 0 Å². The normalized spacial score (nSPS) is 12.2. The highest BCUT2D eigenvalue weighted by Crippen LogP contribution is 2.16. The van der Waals surface area contributed by atoms with Gasteiger partial charge >= 0.3 is 17.9 Å². The molecule has 0 N–H and O–H groups in total. The van der Waals surface area contributed by atoms with Crippen molar-refractivity contribution in [2.75, 3.05) is 13.2 Å². The zero-order chi connectivity index (χ0) is 47.9. The molecule has 66 heavy (non-hydrogen) atoms. The van der Waals surface area contributed by atoms with E-state index in [0.717, 1.165) is 77.0 Å². The van der Waals surface area contributed by atoms with Crippen molar-refractivity contribution in [1.29, 1.82) is 0 Å². The molecular weight excluding hydrogens is 817 g/mol. The first kappa shape index (κ1) is 63.6. The van der Waals surface area contributed by atoms with Crippen molar-refractivity contribution in [3.63, 3.8) is 0 Å². The Morgan fingerprint density at radius 1 is 0.288 bits per heavy atom. The minimum Gasteiger partial charge on any atom is -0.462 e. The maximum atomic E-state index is 12.8. The second-order valence-corrected chi connectivity index (χ2v) is 19.5. The lowest BCUT2D eigenvalue weighted by atomic mass is 10.0. The Labute approximate surface area is 410 Å². The molecule has 6 nitrogen and oxygen atoms in total. The number of rotatable bonds is 53. The lowest BCUT2D eigenvalue weighted by Gasteiger charge is -2.18. The van der Waals surface area contributed by atoms with E-state index in [2.05, 4.69) is 57.2 Å². The van der Waals surface area contributed by atoms with Crippen molar-refractivity contribution in [2.45, 2.75) is 316 Å². The standard InChI is InChI=1S/C60H110O6/c1-4-7-10-13-16-19-22-24-26-27-28-29-30-31-32-33-35-36-38-41-44-47-50-53-59(62)65-56-57(55-64-58(61)52-49-46-43-40-21-18-15-12-9-6-3)66-60(63)54-51-48-45-42-39-37-34-25-23-20-17-14-11-8-5-2/h12,15,25,27-28,34,57H,4-11,13-14,16-24,26,29-33,35-56H2,1-3H3/b15-12-,28-27-,34-25-. The summed E-state index contributed by atoms with van der Waals surface area (Å²) in [5.74, 6) is -0.884. The van der Waals surface area contributed by atoms with E-state index in [0.29, 0.717) is 19.3 Å². The molecule has 1 atom stereocenters. The second-order valence-electron chi connectivity index (χ2n) is 19.5. The number of ether oxygens (including phenoxy) is 3. The molecule has 0 spiro atoms. The average molecular weight is 928 g/mol. The summed E-state index contributed by atoms with van der Waals surface area (Å²) in [5.41, 5.74) is 0. The number of carbonyl (C=O) groups is 3. The number of carbonyl (C=O) groups excluding carboxylic acids is 3. The van der Waals surface area contributed by atoms with Crippen molar-refractivity contribution >= 4 is 17.9 Å². The molecule has 0 heterocycles. The van der Waals surface area contributed by atoms with Crippen LogP contribution in [-0.4, -0.2) is 37.2 Å². The van der Waals surface area contributed by atoms with Crippen LogP contribution in [0.5, 0.6) is 0 Å². The summed E-state index contributed by atoms with van der Waals surface area (Å²) in [5, 5.41) is 0. The molecular formula is C60H110O6. The molecule has 0 amide bonds. The quantitative estimate of drug-likeness (QED) is 0.0262.